The van der Waals surface area contributed by atoms with Crippen LogP contribution in [0.15, 0.2) is 18.2 Å². The lowest BCUT2D eigenvalue weighted by atomic mass is 10.1. The fraction of sp³-hybridized carbons (Fsp3) is 0.273. The van der Waals surface area contributed by atoms with Crippen LogP contribution in [0.25, 0.3) is 0 Å². The summed E-state index contributed by atoms with van der Waals surface area (Å²) in [5.41, 5.74) is -0.435. The van der Waals surface area contributed by atoms with Gasteiger partial charge in [-0.3, -0.25) is 14.9 Å². The molecule has 0 spiro atoms. The molecule has 1 aromatic carbocycles. The summed E-state index contributed by atoms with van der Waals surface area (Å²) in [6.45, 7) is 1.55. The van der Waals surface area contributed by atoms with Crippen molar-refractivity contribution in [1.29, 1.82) is 0 Å². The van der Waals surface area contributed by atoms with E-state index in [0.29, 0.717) is 0 Å². The molecule has 1 amide bonds. The van der Waals surface area contributed by atoms with E-state index in [-0.39, 0.29) is 22.8 Å². The van der Waals surface area contributed by atoms with Crippen LogP contribution in [0.3, 0.4) is 0 Å². The molecule has 0 saturated carbocycles. The minimum absolute atomic E-state index is 0.147. The molecular formula is C11H13N3O5. The second-order valence-corrected chi connectivity index (χ2v) is 3.77. The number of nitrogens with zero attached hydrogens (tertiary/aromatic N) is 1. The number of carboxylic acid groups (broad SMARTS) is 1. The van der Waals surface area contributed by atoms with Crippen molar-refractivity contribution in [3.05, 3.63) is 33.9 Å². The van der Waals surface area contributed by atoms with E-state index in [1.165, 1.54) is 19.2 Å². The summed E-state index contributed by atoms with van der Waals surface area (Å²) in [5, 5.41) is 24.7. The summed E-state index contributed by atoms with van der Waals surface area (Å²) in [6, 6.07) is 2.72. The number of rotatable bonds is 5. The molecule has 8 nitrogen and oxygen atoms in total. The first-order valence-electron chi connectivity index (χ1n) is 5.36. The first kappa shape index (κ1) is 14.4. The van der Waals surface area contributed by atoms with Crippen molar-refractivity contribution in [3.63, 3.8) is 0 Å². The molecule has 0 aromatic heterocycles. The van der Waals surface area contributed by atoms with Crippen LogP contribution in [0.5, 0.6) is 0 Å². The van der Waals surface area contributed by atoms with Gasteiger partial charge in [-0.05, 0) is 13.0 Å². The minimum atomic E-state index is -1.31. The number of benzene rings is 1. The van der Waals surface area contributed by atoms with Crippen molar-refractivity contribution in [1.82, 2.24) is 5.32 Å². The number of hydrogen-bond acceptors (Lipinski definition) is 5. The number of hydrogen-bond donors (Lipinski definition) is 3. The Morgan fingerprint density at radius 3 is 2.53 bits per heavy atom. The predicted molar refractivity (Wildman–Crippen MR) is 67.2 cm³/mol. The van der Waals surface area contributed by atoms with E-state index in [2.05, 4.69) is 10.6 Å². The number of carbonyl (C=O) groups excluding carboxylic acids is 1. The van der Waals surface area contributed by atoms with Crippen molar-refractivity contribution < 1.29 is 19.6 Å². The quantitative estimate of drug-likeness (QED) is 0.536. The van der Waals surface area contributed by atoms with Gasteiger partial charge >= 0.3 is 5.97 Å². The summed E-state index contributed by atoms with van der Waals surface area (Å²) in [4.78, 5) is 32.3. The predicted octanol–water partition coefficient (Wildman–Crippen LogP) is 0.839. The van der Waals surface area contributed by atoms with Crippen LogP contribution in [0.4, 0.5) is 11.4 Å². The molecule has 0 saturated heterocycles. The van der Waals surface area contributed by atoms with Gasteiger partial charge in [0.05, 0.1) is 10.5 Å². The van der Waals surface area contributed by atoms with Gasteiger partial charge in [0.25, 0.3) is 5.69 Å². The molecule has 0 bridgehead atoms. The number of nitro benzene ring substituents is 1. The third kappa shape index (κ3) is 3.41. The van der Waals surface area contributed by atoms with Crippen molar-refractivity contribution in [2.24, 2.45) is 0 Å². The van der Waals surface area contributed by atoms with Crippen molar-refractivity contribution in [2.75, 3.05) is 12.4 Å². The van der Waals surface area contributed by atoms with Crippen LogP contribution in [-0.2, 0) is 4.79 Å². The Balaban J connectivity index is 3.10. The van der Waals surface area contributed by atoms with Gasteiger partial charge in [0, 0.05) is 24.9 Å². The number of nitro groups is 1. The Kier molecular flexibility index (Phi) is 4.41. The summed E-state index contributed by atoms with van der Waals surface area (Å²) in [5.74, 6) is -1.63. The van der Waals surface area contributed by atoms with Gasteiger partial charge in [0.2, 0.25) is 5.91 Å². The topological polar surface area (TPSA) is 122 Å². The highest BCUT2D eigenvalue weighted by atomic mass is 16.6. The molecule has 8 heteroatoms. The van der Waals surface area contributed by atoms with Gasteiger partial charge in [0.1, 0.15) is 6.04 Å². The Labute approximate surface area is 108 Å². The average molecular weight is 267 g/mol. The van der Waals surface area contributed by atoms with E-state index in [0.717, 1.165) is 6.07 Å². The fourth-order valence-electron chi connectivity index (χ4n) is 1.46. The first-order chi connectivity index (χ1) is 8.86. The number of anilines is 1. The zero-order valence-electron chi connectivity index (χ0n) is 10.3. The van der Waals surface area contributed by atoms with E-state index >= 15 is 0 Å². The monoisotopic (exact) mass is 267 g/mol. The molecule has 19 heavy (non-hydrogen) atoms. The first-order valence-corrected chi connectivity index (χ1v) is 5.36. The third-order valence-electron chi connectivity index (χ3n) is 2.46. The maximum atomic E-state index is 11.3. The molecule has 0 heterocycles. The van der Waals surface area contributed by atoms with Gasteiger partial charge in [-0.15, -0.1) is 0 Å². The van der Waals surface area contributed by atoms with E-state index in [9.17, 15) is 19.7 Å². The van der Waals surface area contributed by atoms with Crippen LogP contribution >= 0.6 is 0 Å². The molecule has 1 aromatic rings. The number of non-ortho nitro benzene ring substituents is 1. The summed E-state index contributed by atoms with van der Waals surface area (Å²) < 4.78 is 0. The Morgan fingerprint density at radius 1 is 1.42 bits per heavy atom. The van der Waals surface area contributed by atoms with Crippen molar-refractivity contribution in [2.45, 2.75) is 13.0 Å². The largest absolute Gasteiger partial charge is 0.478 e. The molecule has 1 rings (SSSR count). The van der Waals surface area contributed by atoms with Gasteiger partial charge in [0.15, 0.2) is 0 Å². The van der Waals surface area contributed by atoms with Gasteiger partial charge < -0.3 is 15.7 Å². The average Bonchev–Trinajstić information content (AvgIpc) is 2.37. The van der Waals surface area contributed by atoms with Crippen molar-refractivity contribution in [3.8, 4) is 0 Å². The lowest BCUT2D eigenvalue weighted by Gasteiger charge is -2.15. The zero-order valence-corrected chi connectivity index (χ0v) is 10.3. The Morgan fingerprint density at radius 2 is 2.05 bits per heavy atom. The SMILES string of the molecule is CNC(=O)C(C)Nc1ccc([N+](=O)[O-])cc1C(=O)O. The molecule has 3 N–H and O–H groups in total. The lowest BCUT2D eigenvalue weighted by molar-refractivity contribution is -0.384. The highest BCUT2D eigenvalue weighted by Crippen LogP contribution is 2.22. The third-order valence-corrected chi connectivity index (χ3v) is 2.46. The molecule has 102 valence electrons. The lowest BCUT2D eigenvalue weighted by Crippen LogP contribution is -2.35. The van der Waals surface area contributed by atoms with Crippen molar-refractivity contribution >= 4 is 23.3 Å². The number of amides is 1. The number of nitrogens with one attached hydrogen (secondary N) is 2. The van der Waals surface area contributed by atoms with Crippen LogP contribution in [0.1, 0.15) is 17.3 Å². The molecular weight excluding hydrogens is 254 g/mol. The molecule has 1 atom stereocenters. The molecule has 0 aliphatic carbocycles. The van der Waals surface area contributed by atoms with Gasteiger partial charge in [-0.1, -0.05) is 0 Å². The highest BCUT2D eigenvalue weighted by molar-refractivity contribution is 5.96. The maximum Gasteiger partial charge on any atom is 0.338 e. The number of carboxylic acids is 1. The van der Waals surface area contributed by atoms with Crippen LogP contribution in [0.2, 0.25) is 0 Å². The molecule has 0 radical (unpaired) electrons. The van der Waals surface area contributed by atoms with E-state index < -0.39 is 16.9 Å². The number of aromatic carboxylic acids is 1. The summed E-state index contributed by atoms with van der Waals surface area (Å²) in [7, 11) is 1.45. The maximum absolute atomic E-state index is 11.3. The molecule has 0 fully saturated rings. The van der Waals surface area contributed by atoms with E-state index in [1.54, 1.807) is 6.92 Å². The molecule has 0 aliphatic rings. The Hall–Kier alpha value is -2.64. The fourth-order valence-corrected chi connectivity index (χ4v) is 1.46. The second kappa shape index (κ2) is 5.80. The van der Waals surface area contributed by atoms with Gasteiger partial charge in [-0.25, -0.2) is 4.79 Å². The van der Waals surface area contributed by atoms with E-state index in [4.69, 9.17) is 5.11 Å². The number of carbonyl (C=O) groups is 2. The molecule has 0 aliphatic heterocycles. The van der Waals surface area contributed by atoms with Crippen LogP contribution < -0.4 is 10.6 Å². The number of likely N-dealkylation sites (N-methyl/N-ethyl adjacent to an activating group) is 1. The smallest absolute Gasteiger partial charge is 0.338 e. The molecule has 1 unspecified atom stereocenters. The summed E-state index contributed by atoms with van der Waals surface area (Å²) in [6.07, 6.45) is 0. The van der Waals surface area contributed by atoms with Crippen LogP contribution in [-0.4, -0.2) is 35.0 Å². The van der Waals surface area contributed by atoms with Gasteiger partial charge in [-0.2, -0.15) is 0 Å². The summed E-state index contributed by atoms with van der Waals surface area (Å²) >= 11 is 0. The zero-order chi connectivity index (χ0) is 14.6. The van der Waals surface area contributed by atoms with Crippen LogP contribution in [0, 0.1) is 10.1 Å². The van der Waals surface area contributed by atoms with E-state index in [1.807, 2.05) is 0 Å². The minimum Gasteiger partial charge on any atom is -0.478 e. The Bertz CT molecular complexity index is 529. The highest BCUT2D eigenvalue weighted by Gasteiger charge is 2.19. The normalized spacial score (nSPS) is 11.5. The second-order valence-electron chi connectivity index (χ2n) is 3.77. The standard InChI is InChI=1S/C11H13N3O5/c1-6(10(15)12-2)13-9-4-3-7(14(18)19)5-8(9)11(16)17/h3-6,13H,1-2H3,(H,12,15)(H,16,17).